The summed E-state index contributed by atoms with van der Waals surface area (Å²) in [7, 11) is 0. The number of fused-ring (bicyclic) bond motifs is 3. The molecule has 1 aliphatic carbocycles. The molecule has 0 saturated carbocycles. The molecule has 2 heteroatoms. The maximum atomic E-state index is 4.39. The Morgan fingerprint density at radius 1 is 1.14 bits per heavy atom. The van der Waals surface area contributed by atoms with Gasteiger partial charge in [0.1, 0.15) is 0 Å². The zero-order valence-corrected chi connectivity index (χ0v) is 9.08. The molecular formula is C12H8BrN. The molecule has 0 radical (unpaired) electrons. The molecule has 0 aliphatic heterocycles. The molecular weight excluding hydrogens is 238 g/mol. The molecule has 68 valence electrons. The quantitative estimate of drug-likeness (QED) is 0.592. The van der Waals surface area contributed by atoms with Gasteiger partial charge in [-0.2, -0.15) is 0 Å². The molecule has 0 amide bonds. The minimum atomic E-state index is 0.963. The first-order valence-electron chi connectivity index (χ1n) is 4.58. The van der Waals surface area contributed by atoms with Crippen molar-refractivity contribution in [3.8, 4) is 11.1 Å². The second kappa shape index (κ2) is 2.92. The van der Waals surface area contributed by atoms with Gasteiger partial charge in [0.15, 0.2) is 0 Å². The molecule has 0 spiro atoms. The lowest BCUT2D eigenvalue weighted by Crippen LogP contribution is -1.83. The predicted octanol–water partition coefficient (Wildman–Crippen LogP) is 3.42. The third kappa shape index (κ3) is 1.04. The van der Waals surface area contributed by atoms with E-state index in [1.807, 2.05) is 12.3 Å². The number of pyridine rings is 1. The van der Waals surface area contributed by atoms with Gasteiger partial charge in [-0.25, -0.2) is 0 Å². The summed E-state index contributed by atoms with van der Waals surface area (Å²) < 4.78 is 1.17. The largest absolute Gasteiger partial charge is 0.260 e. The fraction of sp³-hybridized carbons (Fsp3) is 0.0833. The molecule has 1 nitrogen and oxygen atoms in total. The smallest absolute Gasteiger partial charge is 0.0526 e. The predicted molar refractivity (Wildman–Crippen MR) is 60.2 cm³/mol. The Kier molecular flexibility index (Phi) is 1.71. The zero-order valence-electron chi connectivity index (χ0n) is 7.50. The van der Waals surface area contributed by atoms with Crippen molar-refractivity contribution in [3.63, 3.8) is 0 Å². The van der Waals surface area contributed by atoms with Crippen LogP contribution in [0.15, 0.2) is 41.0 Å². The molecule has 0 saturated heterocycles. The van der Waals surface area contributed by atoms with E-state index in [1.165, 1.54) is 26.9 Å². The summed E-state index contributed by atoms with van der Waals surface area (Å²) in [6, 6.07) is 10.5. The second-order valence-corrected chi connectivity index (χ2v) is 4.30. The first kappa shape index (κ1) is 8.18. The summed E-state index contributed by atoms with van der Waals surface area (Å²) >= 11 is 3.59. The van der Waals surface area contributed by atoms with E-state index in [9.17, 15) is 0 Å². The minimum absolute atomic E-state index is 0.963. The van der Waals surface area contributed by atoms with Crippen LogP contribution in [0.1, 0.15) is 11.3 Å². The molecule has 1 heterocycles. The number of hydrogen-bond donors (Lipinski definition) is 0. The highest BCUT2D eigenvalue weighted by Crippen LogP contribution is 2.39. The number of hydrogen-bond acceptors (Lipinski definition) is 1. The summed E-state index contributed by atoms with van der Waals surface area (Å²) in [6.07, 6.45) is 2.82. The van der Waals surface area contributed by atoms with Crippen molar-refractivity contribution in [1.29, 1.82) is 0 Å². The van der Waals surface area contributed by atoms with Gasteiger partial charge in [0.05, 0.1) is 5.69 Å². The third-order valence-electron chi connectivity index (χ3n) is 2.62. The van der Waals surface area contributed by atoms with Crippen molar-refractivity contribution in [3.05, 3.63) is 52.3 Å². The highest BCUT2D eigenvalue weighted by Gasteiger charge is 2.20. The van der Waals surface area contributed by atoms with E-state index in [4.69, 9.17) is 0 Å². The van der Waals surface area contributed by atoms with Crippen LogP contribution >= 0.6 is 15.9 Å². The lowest BCUT2D eigenvalue weighted by atomic mass is 10.1. The Balaban J connectivity index is 2.35. The van der Waals surface area contributed by atoms with Crippen LogP contribution < -0.4 is 0 Å². The van der Waals surface area contributed by atoms with E-state index in [-0.39, 0.29) is 0 Å². The maximum absolute atomic E-state index is 4.39. The van der Waals surface area contributed by atoms with E-state index in [1.54, 1.807) is 0 Å². The first-order valence-corrected chi connectivity index (χ1v) is 5.37. The highest BCUT2D eigenvalue weighted by atomic mass is 79.9. The van der Waals surface area contributed by atoms with Crippen LogP contribution in [-0.2, 0) is 6.42 Å². The normalized spacial score (nSPS) is 12.4. The molecule has 3 rings (SSSR count). The van der Waals surface area contributed by atoms with Crippen LogP contribution in [0.2, 0.25) is 0 Å². The standard InChI is InChI=1S/C12H8BrN/c13-10-5-1-3-8-7-11-9(12(8)10)4-2-6-14-11/h1-6H,7H2. The Morgan fingerprint density at radius 2 is 2.07 bits per heavy atom. The van der Waals surface area contributed by atoms with Crippen molar-refractivity contribution in [2.24, 2.45) is 0 Å². The monoisotopic (exact) mass is 245 g/mol. The van der Waals surface area contributed by atoms with Gasteiger partial charge < -0.3 is 0 Å². The van der Waals surface area contributed by atoms with Crippen molar-refractivity contribution in [1.82, 2.24) is 4.98 Å². The van der Waals surface area contributed by atoms with Crippen molar-refractivity contribution in [2.45, 2.75) is 6.42 Å². The number of nitrogens with zero attached hydrogens (tertiary/aromatic N) is 1. The summed E-state index contributed by atoms with van der Waals surface area (Å²) in [5, 5.41) is 0. The third-order valence-corrected chi connectivity index (χ3v) is 3.28. The van der Waals surface area contributed by atoms with Crippen LogP contribution in [0.5, 0.6) is 0 Å². The van der Waals surface area contributed by atoms with Gasteiger partial charge in [0.25, 0.3) is 0 Å². The van der Waals surface area contributed by atoms with Gasteiger partial charge in [-0.05, 0) is 17.7 Å². The van der Waals surface area contributed by atoms with E-state index in [0.29, 0.717) is 0 Å². The van der Waals surface area contributed by atoms with Gasteiger partial charge in [-0.3, -0.25) is 4.98 Å². The van der Waals surface area contributed by atoms with Crippen LogP contribution in [-0.4, -0.2) is 4.98 Å². The summed E-state index contributed by atoms with van der Waals surface area (Å²) in [4.78, 5) is 4.39. The molecule has 0 unspecified atom stereocenters. The topological polar surface area (TPSA) is 12.9 Å². The molecule has 0 fully saturated rings. The number of benzene rings is 1. The van der Waals surface area contributed by atoms with E-state index in [2.05, 4.69) is 45.2 Å². The van der Waals surface area contributed by atoms with E-state index >= 15 is 0 Å². The van der Waals surface area contributed by atoms with E-state index < -0.39 is 0 Å². The maximum Gasteiger partial charge on any atom is 0.0526 e. The van der Waals surface area contributed by atoms with Crippen molar-refractivity contribution < 1.29 is 0 Å². The fourth-order valence-corrected chi connectivity index (χ4v) is 2.63. The van der Waals surface area contributed by atoms with Crippen LogP contribution in [0.3, 0.4) is 0 Å². The van der Waals surface area contributed by atoms with E-state index in [0.717, 1.165) is 6.42 Å². The van der Waals surface area contributed by atoms with Gasteiger partial charge in [-0.1, -0.05) is 34.1 Å². The SMILES string of the molecule is Brc1cccc2c1-c1cccnc1C2. The Hall–Kier alpha value is -1.15. The molecule has 1 aromatic carbocycles. The highest BCUT2D eigenvalue weighted by molar-refractivity contribution is 9.10. The van der Waals surface area contributed by atoms with Crippen LogP contribution in [0.25, 0.3) is 11.1 Å². The molecule has 0 bridgehead atoms. The average Bonchev–Trinajstić information content (AvgIpc) is 2.57. The van der Waals surface area contributed by atoms with Gasteiger partial charge in [0.2, 0.25) is 0 Å². The molecule has 2 aromatic rings. The van der Waals surface area contributed by atoms with Crippen LogP contribution in [0.4, 0.5) is 0 Å². The lowest BCUT2D eigenvalue weighted by Gasteiger charge is -2.02. The lowest BCUT2D eigenvalue weighted by molar-refractivity contribution is 1.12. The first-order chi connectivity index (χ1) is 6.86. The molecule has 14 heavy (non-hydrogen) atoms. The van der Waals surface area contributed by atoms with Crippen molar-refractivity contribution in [2.75, 3.05) is 0 Å². The molecule has 1 aliphatic rings. The van der Waals surface area contributed by atoms with Crippen molar-refractivity contribution >= 4 is 15.9 Å². The number of aromatic nitrogens is 1. The average molecular weight is 246 g/mol. The molecule has 0 atom stereocenters. The van der Waals surface area contributed by atoms with Gasteiger partial charge in [-0.15, -0.1) is 0 Å². The fourth-order valence-electron chi connectivity index (χ4n) is 2.00. The summed E-state index contributed by atoms with van der Waals surface area (Å²) in [5.74, 6) is 0. The molecule has 0 N–H and O–H groups in total. The van der Waals surface area contributed by atoms with Gasteiger partial charge >= 0.3 is 0 Å². The molecule has 1 aromatic heterocycles. The number of halogens is 1. The summed E-state index contributed by atoms with van der Waals surface area (Å²) in [5.41, 5.74) is 5.15. The Labute approximate surface area is 90.9 Å². The Morgan fingerprint density at radius 3 is 3.00 bits per heavy atom. The number of rotatable bonds is 0. The minimum Gasteiger partial charge on any atom is -0.260 e. The zero-order chi connectivity index (χ0) is 9.54. The summed E-state index contributed by atoms with van der Waals surface area (Å²) in [6.45, 7) is 0. The van der Waals surface area contributed by atoms with Gasteiger partial charge in [0, 0.05) is 28.2 Å². The second-order valence-electron chi connectivity index (χ2n) is 3.45. The Bertz CT molecular complexity index is 505. The van der Waals surface area contributed by atoms with Crippen LogP contribution in [0, 0.1) is 0 Å².